The van der Waals surface area contributed by atoms with Crippen LogP contribution >= 0.6 is 0 Å². The van der Waals surface area contributed by atoms with Gasteiger partial charge in [-0.1, -0.05) is 19.1 Å². The zero-order valence-corrected chi connectivity index (χ0v) is 14.2. The normalized spacial score (nSPS) is 26.0. The fraction of sp³-hybridized carbons (Fsp3) is 0.611. The Morgan fingerprint density at radius 2 is 2.04 bits per heavy atom. The molecule has 2 heterocycles. The van der Waals surface area contributed by atoms with Crippen LogP contribution in [0.1, 0.15) is 26.7 Å². The largest absolute Gasteiger partial charge is 0.330 e. The van der Waals surface area contributed by atoms with Crippen molar-refractivity contribution < 1.29 is 0 Å². The SMILES string of the molecule is CC1CC(C)N(CCCn2c(=O)[nH]c3ccccc32)CC1CN. The van der Waals surface area contributed by atoms with E-state index in [-0.39, 0.29) is 5.69 Å². The third-order valence-corrected chi connectivity index (χ3v) is 5.42. The second-order valence-electron chi connectivity index (χ2n) is 7.01. The molecule has 0 bridgehead atoms. The Morgan fingerprint density at radius 3 is 2.83 bits per heavy atom. The summed E-state index contributed by atoms with van der Waals surface area (Å²) in [5.41, 5.74) is 7.82. The number of fused-ring (bicyclic) bond motifs is 1. The third kappa shape index (κ3) is 3.35. The van der Waals surface area contributed by atoms with Crippen molar-refractivity contribution in [2.24, 2.45) is 17.6 Å². The standard InChI is InChI=1S/C18H28N4O/c1-13-10-14(2)21(12-15(13)11-19)8-5-9-22-17-7-4-3-6-16(17)20-18(22)23/h3-4,6-7,13-15H,5,8-12,19H2,1-2H3,(H,20,23). The monoisotopic (exact) mass is 316 g/mol. The van der Waals surface area contributed by atoms with Crippen molar-refractivity contribution >= 4 is 11.0 Å². The number of para-hydroxylation sites is 2. The average molecular weight is 316 g/mol. The summed E-state index contributed by atoms with van der Waals surface area (Å²) in [7, 11) is 0. The van der Waals surface area contributed by atoms with Crippen molar-refractivity contribution in [1.82, 2.24) is 14.5 Å². The van der Waals surface area contributed by atoms with Crippen LogP contribution in [0, 0.1) is 11.8 Å². The molecule has 0 aliphatic carbocycles. The topological polar surface area (TPSA) is 67.0 Å². The van der Waals surface area contributed by atoms with Crippen LogP contribution in [0.25, 0.3) is 11.0 Å². The molecule has 0 spiro atoms. The van der Waals surface area contributed by atoms with Crippen LogP contribution in [-0.4, -0.2) is 40.1 Å². The first-order chi connectivity index (χ1) is 11.1. The molecule has 3 rings (SSSR count). The number of nitrogens with two attached hydrogens (primary N) is 1. The van der Waals surface area contributed by atoms with E-state index in [2.05, 4.69) is 23.7 Å². The molecule has 2 aromatic rings. The first-order valence-corrected chi connectivity index (χ1v) is 8.71. The van der Waals surface area contributed by atoms with E-state index in [4.69, 9.17) is 5.73 Å². The number of rotatable bonds is 5. The lowest BCUT2D eigenvalue weighted by atomic mass is 9.83. The highest BCUT2D eigenvalue weighted by Gasteiger charge is 2.29. The van der Waals surface area contributed by atoms with Crippen molar-refractivity contribution in [3.8, 4) is 0 Å². The van der Waals surface area contributed by atoms with Crippen LogP contribution in [0.4, 0.5) is 0 Å². The second-order valence-corrected chi connectivity index (χ2v) is 7.01. The highest BCUT2D eigenvalue weighted by Crippen LogP contribution is 2.27. The van der Waals surface area contributed by atoms with Gasteiger partial charge in [0.15, 0.2) is 0 Å². The van der Waals surface area contributed by atoms with Gasteiger partial charge in [0, 0.05) is 25.7 Å². The van der Waals surface area contributed by atoms with Gasteiger partial charge in [-0.15, -0.1) is 0 Å². The lowest BCUT2D eigenvalue weighted by Crippen LogP contribution is -2.47. The maximum absolute atomic E-state index is 12.1. The van der Waals surface area contributed by atoms with E-state index in [0.717, 1.165) is 43.6 Å². The predicted octanol–water partition coefficient (Wildman–Crippen LogP) is 2.02. The number of nitrogens with zero attached hydrogens (tertiary/aromatic N) is 2. The highest BCUT2D eigenvalue weighted by molar-refractivity contribution is 5.74. The van der Waals surface area contributed by atoms with Crippen LogP contribution in [0.15, 0.2) is 29.1 Å². The second kappa shape index (κ2) is 6.89. The molecular formula is C18H28N4O. The predicted molar refractivity (Wildman–Crippen MR) is 94.5 cm³/mol. The molecular weight excluding hydrogens is 288 g/mol. The molecule has 0 amide bonds. The molecule has 5 heteroatoms. The quantitative estimate of drug-likeness (QED) is 0.887. The molecule has 1 aliphatic heterocycles. The minimum atomic E-state index is -0.00801. The molecule has 1 aliphatic rings. The third-order valence-electron chi connectivity index (χ3n) is 5.42. The number of hydrogen-bond acceptors (Lipinski definition) is 3. The van der Waals surface area contributed by atoms with Crippen molar-refractivity contribution in [3.05, 3.63) is 34.7 Å². The first-order valence-electron chi connectivity index (χ1n) is 8.71. The minimum absolute atomic E-state index is 0.00801. The van der Waals surface area contributed by atoms with E-state index < -0.39 is 0 Å². The van der Waals surface area contributed by atoms with E-state index in [9.17, 15) is 4.79 Å². The van der Waals surface area contributed by atoms with E-state index in [1.807, 2.05) is 28.8 Å². The summed E-state index contributed by atoms with van der Waals surface area (Å²) in [6.07, 6.45) is 2.20. The Hall–Kier alpha value is -1.59. The summed E-state index contributed by atoms with van der Waals surface area (Å²) in [6.45, 7) is 8.26. The van der Waals surface area contributed by atoms with Gasteiger partial charge in [-0.05, 0) is 50.3 Å². The number of piperidine rings is 1. The van der Waals surface area contributed by atoms with Crippen LogP contribution in [0.2, 0.25) is 0 Å². The molecule has 1 aromatic heterocycles. The number of aromatic amines is 1. The van der Waals surface area contributed by atoms with Gasteiger partial charge in [0.1, 0.15) is 0 Å². The van der Waals surface area contributed by atoms with Gasteiger partial charge in [0.25, 0.3) is 0 Å². The Bertz CT molecular complexity index is 704. The lowest BCUT2D eigenvalue weighted by Gasteiger charge is -2.41. The number of H-pyrrole nitrogens is 1. The lowest BCUT2D eigenvalue weighted by molar-refractivity contribution is 0.0794. The number of likely N-dealkylation sites (tertiary alicyclic amines) is 1. The zero-order chi connectivity index (χ0) is 16.4. The maximum Gasteiger partial charge on any atom is 0.326 e. The summed E-state index contributed by atoms with van der Waals surface area (Å²) in [4.78, 5) is 17.6. The molecule has 1 fully saturated rings. The smallest absolute Gasteiger partial charge is 0.326 e. The summed E-state index contributed by atoms with van der Waals surface area (Å²) < 4.78 is 1.85. The van der Waals surface area contributed by atoms with Crippen LogP contribution in [-0.2, 0) is 6.54 Å². The van der Waals surface area contributed by atoms with Crippen LogP contribution < -0.4 is 11.4 Å². The zero-order valence-electron chi connectivity index (χ0n) is 14.2. The number of hydrogen-bond donors (Lipinski definition) is 2. The molecule has 23 heavy (non-hydrogen) atoms. The maximum atomic E-state index is 12.1. The minimum Gasteiger partial charge on any atom is -0.330 e. The van der Waals surface area contributed by atoms with Crippen molar-refractivity contribution in [2.45, 2.75) is 39.3 Å². The molecule has 3 atom stereocenters. The van der Waals surface area contributed by atoms with Crippen molar-refractivity contribution in [2.75, 3.05) is 19.6 Å². The molecule has 3 unspecified atom stereocenters. The summed E-state index contributed by atoms with van der Waals surface area (Å²) in [5, 5.41) is 0. The molecule has 0 radical (unpaired) electrons. The molecule has 3 N–H and O–H groups in total. The average Bonchev–Trinajstić information content (AvgIpc) is 2.85. The van der Waals surface area contributed by atoms with E-state index in [1.54, 1.807) is 0 Å². The summed E-state index contributed by atoms with van der Waals surface area (Å²) >= 11 is 0. The fourth-order valence-electron chi connectivity index (χ4n) is 3.92. The molecule has 1 aromatic carbocycles. The number of benzene rings is 1. The van der Waals surface area contributed by atoms with Crippen molar-refractivity contribution in [1.29, 1.82) is 0 Å². The first kappa shape index (κ1) is 16.3. The van der Waals surface area contributed by atoms with Gasteiger partial charge in [0.2, 0.25) is 0 Å². The van der Waals surface area contributed by atoms with Gasteiger partial charge in [0.05, 0.1) is 11.0 Å². The van der Waals surface area contributed by atoms with Gasteiger partial charge >= 0.3 is 5.69 Å². The molecule has 1 saturated heterocycles. The van der Waals surface area contributed by atoms with E-state index >= 15 is 0 Å². The van der Waals surface area contributed by atoms with E-state index in [0.29, 0.717) is 17.9 Å². The van der Waals surface area contributed by atoms with Gasteiger partial charge < -0.3 is 15.6 Å². The van der Waals surface area contributed by atoms with Crippen molar-refractivity contribution in [3.63, 3.8) is 0 Å². The Balaban J connectivity index is 1.62. The Labute approximate surface area is 137 Å². The van der Waals surface area contributed by atoms with Gasteiger partial charge in [-0.3, -0.25) is 4.57 Å². The fourth-order valence-corrected chi connectivity index (χ4v) is 3.92. The number of aromatic nitrogens is 2. The summed E-state index contributed by atoms with van der Waals surface area (Å²) in [6, 6.07) is 8.49. The Morgan fingerprint density at radius 1 is 1.26 bits per heavy atom. The number of aryl methyl sites for hydroxylation is 1. The van der Waals surface area contributed by atoms with Gasteiger partial charge in [-0.25, -0.2) is 4.79 Å². The van der Waals surface area contributed by atoms with Crippen LogP contribution in [0.3, 0.4) is 0 Å². The number of nitrogens with one attached hydrogen (secondary N) is 1. The highest BCUT2D eigenvalue weighted by atomic mass is 16.1. The molecule has 5 nitrogen and oxygen atoms in total. The van der Waals surface area contributed by atoms with Gasteiger partial charge in [-0.2, -0.15) is 0 Å². The molecule has 126 valence electrons. The van der Waals surface area contributed by atoms with Crippen LogP contribution in [0.5, 0.6) is 0 Å². The molecule has 0 saturated carbocycles. The number of imidazole rings is 1. The van der Waals surface area contributed by atoms with E-state index in [1.165, 1.54) is 6.42 Å². The Kier molecular flexibility index (Phi) is 4.87. The summed E-state index contributed by atoms with van der Waals surface area (Å²) in [5.74, 6) is 1.31.